The normalized spacial score (nSPS) is 12.2. The number of hydrogen-bond donors (Lipinski definition) is 0. The molecule has 0 fully saturated rings. The zero-order valence-electron chi connectivity index (χ0n) is 30.4. The average Bonchev–Trinajstić information content (AvgIpc) is 3.85. The molecule has 0 spiro atoms. The van der Waals surface area contributed by atoms with Gasteiger partial charge in [-0.05, 0) is 78.7 Å². The molecule has 3 heterocycles. The highest BCUT2D eigenvalue weighted by molar-refractivity contribution is 6.19. The molecule has 0 aliphatic carbocycles. The van der Waals surface area contributed by atoms with E-state index in [2.05, 4.69) is 203 Å². The molecule has 0 unspecified atom stereocenters. The molecule has 53 heavy (non-hydrogen) atoms. The van der Waals surface area contributed by atoms with E-state index in [1.54, 1.807) is 0 Å². The van der Waals surface area contributed by atoms with E-state index < -0.39 is 0 Å². The van der Waals surface area contributed by atoms with Crippen molar-refractivity contribution in [1.82, 2.24) is 13.7 Å². The fourth-order valence-corrected chi connectivity index (χ4v) is 8.22. The van der Waals surface area contributed by atoms with E-state index in [4.69, 9.17) is 0 Å². The Kier molecular flexibility index (Phi) is 8.25. The minimum absolute atomic E-state index is 0.759. The zero-order valence-corrected chi connectivity index (χ0v) is 30.4. The molecular weight excluding hydrogens is 643 g/mol. The SMILES string of the molecule is C/C=C\C(=C/Cn1c2ccccc2c2cc3c4ccccc4n(-c4ccc5c(c4)c4ccccc4n5-c4ccccc4)c3cc21)c1ccccc1.CC. The highest BCUT2D eigenvalue weighted by Crippen LogP contribution is 2.40. The van der Waals surface area contributed by atoms with Crippen molar-refractivity contribution in [2.75, 3.05) is 0 Å². The number of aromatic nitrogens is 3. The Morgan fingerprint density at radius 1 is 0.434 bits per heavy atom. The number of hydrogen-bond acceptors (Lipinski definition) is 0. The lowest BCUT2D eigenvalue weighted by Gasteiger charge is -2.11. The van der Waals surface area contributed by atoms with Gasteiger partial charge in [-0.2, -0.15) is 0 Å². The minimum atomic E-state index is 0.759. The summed E-state index contributed by atoms with van der Waals surface area (Å²) in [7, 11) is 0. The summed E-state index contributed by atoms with van der Waals surface area (Å²) in [5, 5.41) is 7.59. The fourth-order valence-electron chi connectivity index (χ4n) is 8.22. The Labute approximate surface area is 309 Å². The van der Waals surface area contributed by atoms with E-state index in [9.17, 15) is 0 Å². The number of allylic oxidation sites excluding steroid dienone is 4. The first-order valence-electron chi connectivity index (χ1n) is 18.7. The summed E-state index contributed by atoms with van der Waals surface area (Å²) in [6.07, 6.45) is 6.70. The van der Waals surface area contributed by atoms with Gasteiger partial charge in [0.1, 0.15) is 0 Å². The van der Waals surface area contributed by atoms with Gasteiger partial charge in [-0.25, -0.2) is 0 Å². The van der Waals surface area contributed by atoms with Crippen LogP contribution in [-0.4, -0.2) is 13.7 Å². The molecule has 0 atom stereocenters. The van der Waals surface area contributed by atoms with Crippen LogP contribution < -0.4 is 0 Å². The van der Waals surface area contributed by atoms with E-state index in [1.165, 1.54) is 82.2 Å². The highest BCUT2D eigenvalue weighted by atomic mass is 15.0. The van der Waals surface area contributed by atoms with Crippen LogP contribution in [0.5, 0.6) is 0 Å². The summed E-state index contributed by atoms with van der Waals surface area (Å²) in [6, 6.07) is 59.6. The maximum absolute atomic E-state index is 2.48. The Balaban J connectivity index is 0.00000183. The van der Waals surface area contributed by atoms with Gasteiger partial charge in [-0.3, -0.25) is 0 Å². The molecule has 0 saturated heterocycles. The van der Waals surface area contributed by atoms with E-state index in [0.717, 1.165) is 12.2 Å². The summed E-state index contributed by atoms with van der Waals surface area (Å²) < 4.78 is 7.33. The van der Waals surface area contributed by atoms with Gasteiger partial charge in [0.05, 0.1) is 27.6 Å². The topological polar surface area (TPSA) is 14.8 Å². The summed E-state index contributed by atoms with van der Waals surface area (Å²) >= 11 is 0. The molecule has 3 nitrogen and oxygen atoms in total. The first-order valence-corrected chi connectivity index (χ1v) is 18.7. The van der Waals surface area contributed by atoms with Gasteiger partial charge in [-0.15, -0.1) is 0 Å². The number of rotatable bonds is 6. The number of para-hydroxylation sites is 4. The first-order chi connectivity index (χ1) is 26.3. The average molecular weight is 684 g/mol. The van der Waals surface area contributed by atoms with Crippen molar-refractivity contribution in [3.05, 3.63) is 188 Å². The number of nitrogens with zero attached hydrogens (tertiary/aromatic N) is 3. The number of fused-ring (bicyclic) bond motifs is 9. The fraction of sp³-hybridized carbons (Fsp3) is 0.0800. The molecule has 10 rings (SSSR count). The van der Waals surface area contributed by atoms with Gasteiger partial charge in [0.2, 0.25) is 0 Å². The van der Waals surface area contributed by atoms with Crippen LogP contribution >= 0.6 is 0 Å². The van der Waals surface area contributed by atoms with Crippen LogP contribution in [-0.2, 0) is 6.54 Å². The molecule has 0 radical (unpaired) electrons. The molecule has 3 heteroatoms. The van der Waals surface area contributed by atoms with Gasteiger partial charge in [-0.1, -0.05) is 135 Å². The molecule has 0 aliphatic heterocycles. The predicted octanol–water partition coefficient (Wildman–Crippen LogP) is 13.7. The van der Waals surface area contributed by atoms with Crippen LogP contribution in [0, 0.1) is 0 Å². The third kappa shape index (κ3) is 5.27. The zero-order chi connectivity index (χ0) is 35.9. The number of benzene rings is 7. The third-order valence-corrected chi connectivity index (χ3v) is 10.4. The van der Waals surface area contributed by atoms with Crippen LogP contribution in [0.15, 0.2) is 182 Å². The molecule has 7 aromatic carbocycles. The lowest BCUT2D eigenvalue weighted by atomic mass is 10.1. The standard InChI is InChI=1S/C48H35N3.C2H6/c1-2-15-33(34-16-5-3-6-17-34)28-29-49-43-23-12-9-20-37(43)41-31-42-39-22-11-14-25-45(39)51(48(42)32-47(41)49)36-26-27-46-40(30-36)38-21-10-13-24-44(38)50(46)35-18-7-4-8-19-35;1-2/h2-28,30-32H,29H2,1H3;1-2H3/b15-2-,33-28+;. The molecule has 0 aliphatic rings. The van der Waals surface area contributed by atoms with Crippen LogP contribution in [0.4, 0.5) is 0 Å². The van der Waals surface area contributed by atoms with Gasteiger partial charge in [0.15, 0.2) is 0 Å². The summed E-state index contributed by atoms with van der Waals surface area (Å²) in [6.45, 7) is 6.85. The second kappa shape index (κ2) is 13.5. The van der Waals surface area contributed by atoms with Gasteiger partial charge >= 0.3 is 0 Å². The van der Waals surface area contributed by atoms with E-state index in [1.807, 2.05) is 13.8 Å². The van der Waals surface area contributed by atoms with E-state index >= 15 is 0 Å². The van der Waals surface area contributed by atoms with Crippen LogP contribution in [0.1, 0.15) is 26.3 Å². The maximum Gasteiger partial charge on any atom is 0.0562 e. The van der Waals surface area contributed by atoms with Crippen LogP contribution in [0.25, 0.3) is 82.4 Å². The van der Waals surface area contributed by atoms with Crippen molar-refractivity contribution in [3.8, 4) is 11.4 Å². The van der Waals surface area contributed by atoms with Crippen LogP contribution in [0.3, 0.4) is 0 Å². The summed E-state index contributed by atoms with van der Waals surface area (Å²) in [4.78, 5) is 0. The molecular formula is C50H41N3. The Bertz CT molecular complexity index is 2990. The Morgan fingerprint density at radius 2 is 0.943 bits per heavy atom. The van der Waals surface area contributed by atoms with Gasteiger partial charge in [0.25, 0.3) is 0 Å². The molecule has 0 amide bonds. The molecule has 10 aromatic rings. The smallest absolute Gasteiger partial charge is 0.0562 e. The highest BCUT2D eigenvalue weighted by Gasteiger charge is 2.19. The minimum Gasteiger partial charge on any atom is -0.336 e. The van der Waals surface area contributed by atoms with E-state index in [-0.39, 0.29) is 0 Å². The van der Waals surface area contributed by atoms with Crippen molar-refractivity contribution < 1.29 is 0 Å². The monoisotopic (exact) mass is 683 g/mol. The summed E-state index contributed by atoms with van der Waals surface area (Å²) in [5.74, 6) is 0. The lowest BCUT2D eigenvalue weighted by molar-refractivity contribution is 0.901. The first kappa shape index (κ1) is 32.3. The largest absolute Gasteiger partial charge is 0.336 e. The lowest BCUT2D eigenvalue weighted by Crippen LogP contribution is -1.97. The van der Waals surface area contributed by atoms with Gasteiger partial charge < -0.3 is 13.7 Å². The van der Waals surface area contributed by atoms with Crippen LogP contribution in [0.2, 0.25) is 0 Å². The quantitative estimate of drug-likeness (QED) is 0.155. The third-order valence-electron chi connectivity index (χ3n) is 10.4. The van der Waals surface area contributed by atoms with Gasteiger partial charge in [0, 0.05) is 55.8 Å². The predicted molar refractivity (Wildman–Crippen MR) is 229 cm³/mol. The van der Waals surface area contributed by atoms with Crippen molar-refractivity contribution in [2.45, 2.75) is 27.3 Å². The van der Waals surface area contributed by atoms with Crippen molar-refractivity contribution in [2.24, 2.45) is 0 Å². The molecule has 256 valence electrons. The molecule has 0 bridgehead atoms. The van der Waals surface area contributed by atoms with E-state index in [0.29, 0.717) is 0 Å². The second-order valence-electron chi connectivity index (χ2n) is 13.3. The van der Waals surface area contributed by atoms with Crippen molar-refractivity contribution in [3.63, 3.8) is 0 Å². The second-order valence-corrected chi connectivity index (χ2v) is 13.3. The van der Waals surface area contributed by atoms with Crippen molar-refractivity contribution in [1.29, 1.82) is 0 Å². The molecule has 0 N–H and O–H groups in total. The Morgan fingerprint density at radius 3 is 1.60 bits per heavy atom. The molecule has 0 saturated carbocycles. The maximum atomic E-state index is 2.48. The van der Waals surface area contributed by atoms with Crippen molar-refractivity contribution >= 4 is 71.0 Å². The Hall–Kier alpha value is -6.58. The summed E-state index contributed by atoms with van der Waals surface area (Å²) in [5.41, 5.74) is 12.1. The molecule has 3 aromatic heterocycles.